The summed E-state index contributed by atoms with van der Waals surface area (Å²) in [7, 11) is 0.128. The van der Waals surface area contributed by atoms with Crippen LogP contribution in [0.2, 0.25) is 0 Å². The molecular formula is C29H35N3O8S. The van der Waals surface area contributed by atoms with Crippen molar-refractivity contribution in [3.05, 3.63) is 53.1 Å². The highest BCUT2D eigenvalue weighted by molar-refractivity contribution is 7.87. The molecule has 1 aliphatic heterocycles. The van der Waals surface area contributed by atoms with Crippen LogP contribution in [0.15, 0.2) is 36.4 Å². The van der Waals surface area contributed by atoms with Gasteiger partial charge in [0.05, 0.1) is 18.9 Å². The van der Waals surface area contributed by atoms with Gasteiger partial charge in [-0.15, -0.1) is 0 Å². The number of aromatic nitrogens is 1. The van der Waals surface area contributed by atoms with Crippen molar-refractivity contribution in [1.29, 1.82) is 0 Å². The van der Waals surface area contributed by atoms with E-state index in [9.17, 15) is 28.4 Å². The Morgan fingerprint density at radius 3 is 2.41 bits per heavy atom. The molecule has 2 aromatic carbocycles. The lowest BCUT2D eigenvalue weighted by Crippen LogP contribution is -2.39. The zero-order chi connectivity index (χ0) is 29.6. The number of nitrogens with one attached hydrogen (secondary N) is 1. The number of carbonyl (C=O) groups excluding carboxylic acids is 2. The summed E-state index contributed by atoms with van der Waals surface area (Å²) in [5.74, 6) is -2.31. The molecule has 3 atom stereocenters. The van der Waals surface area contributed by atoms with E-state index in [0.29, 0.717) is 22.4 Å². The van der Waals surface area contributed by atoms with Gasteiger partial charge in [0, 0.05) is 42.2 Å². The summed E-state index contributed by atoms with van der Waals surface area (Å²) in [4.78, 5) is 30.2. The minimum Gasteiger partial charge on any atom is -0.497 e. The van der Waals surface area contributed by atoms with Gasteiger partial charge in [-0.1, -0.05) is 25.3 Å². The van der Waals surface area contributed by atoms with Gasteiger partial charge in [-0.05, 0) is 67.1 Å². The third-order valence-corrected chi connectivity index (χ3v) is 9.89. The van der Waals surface area contributed by atoms with Crippen LogP contribution in [0.1, 0.15) is 78.6 Å². The Hall–Kier alpha value is -3.45. The maximum absolute atomic E-state index is 13.1. The highest BCUT2D eigenvalue weighted by Gasteiger charge is 2.43. The van der Waals surface area contributed by atoms with Gasteiger partial charge in [0.15, 0.2) is 0 Å². The first-order valence-corrected chi connectivity index (χ1v) is 15.1. The molecule has 1 unspecified atom stereocenters. The van der Waals surface area contributed by atoms with Gasteiger partial charge < -0.3 is 19.3 Å². The number of aliphatic hydroxyl groups is 1. The smallest absolute Gasteiger partial charge is 0.350 e. The van der Waals surface area contributed by atoms with Crippen LogP contribution in [-0.4, -0.2) is 60.7 Å². The normalized spacial score (nSPS) is 21.2. The van der Waals surface area contributed by atoms with Crippen LogP contribution in [0.3, 0.4) is 0 Å². The average molecular weight is 586 g/mol. The standard InChI is InChI=1S/C29H35N3O8S/c1-16-24(29(35)40-36)27(33)22-15-19(39-4)11-13-20(22)26-25(17-8-6-5-7-9-17)21-12-10-18(14-23(21)32(16)26)28(34)30-41(37,38)31(2)3/h10-17,24,27,33,36H,5-9H2,1-4H3,(H,30,34)/t16?,24-,27-/m0/s1. The Morgan fingerprint density at radius 1 is 1.07 bits per heavy atom. The SMILES string of the molecule is COc1ccc2c(c1)[C@H](O)[C@@H](C(=O)OO)C(C)n1c-2c(C2CCCCC2)c2ccc(C(=O)NS(=O)(=O)N(C)C)cc21. The molecule has 1 aliphatic carbocycles. The Kier molecular flexibility index (Phi) is 7.86. The van der Waals surface area contributed by atoms with Crippen LogP contribution in [0.4, 0.5) is 0 Å². The van der Waals surface area contributed by atoms with E-state index in [1.807, 2.05) is 16.7 Å². The van der Waals surface area contributed by atoms with E-state index in [4.69, 9.17) is 4.74 Å². The minimum absolute atomic E-state index is 0.117. The fourth-order valence-corrected chi connectivity index (χ4v) is 6.91. The highest BCUT2D eigenvalue weighted by Crippen LogP contribution is 2.51. The van der Waals surface area contributed by atoms with Crippen LogP contribution < -0.4 is 9.46 Å². The molecule has 3 aromatic rings. The largest absolute Gasteiger partial charge is 0.497 e. The van der Waals surface area contributed by atoms with E-state index in [1.165, 1.54) is 21.2 Å². The number of nitrogens with zero attached hydrogens (tertiary/aromatic N) is 2. The summed E-state index contributed by atoms with van der Waals surface area (Å²) in [6.07, 6.45) is 3.85. The maximum atomic E-state index is 13.1. The van der Waals surface area contributed by atoms with E-state index in [-0.39, 0.29) is 11.5 Å². The summed E-state index contributed by atoms with van der Waals surface area (Å²) in [5, 5.41) is 21.8. The second-order valence-corrected chi connectivity index (χ2v) is 12.9. The Balaban J connectivity index is 1.83. The molecule has 1 saturated carbocycles. The molecule has 2 aliphatic rings. The Bertz CT molecular complexity index is 1610. The van der Waals surface area contributed by atoms with E-state index in [2.05, 4.69) is 9.61 Å². The predicted octanol–water partition coefficient (Wildman–Crippen LogP) is 4.14. The van der Waals surface area contributed by atoms with Gasteiger partial charge in [-0.3, -0.25) is 4.79 Å². The number of aliphatic hydroxyl groups excluding tert-OH is 1. The quantitative estimate of drug-likeness (QED) is 0.289. The van der Waals surface area contributed by atoms with Gasteiger partial charge >= 0.3 is 16.2 Å². The number of ether oxygens (including phenoxy) is 1. The van der Waals surface area contributed by atoms with Gasteiger partial charge in [0.2, 0.25) is 0 Å². The second-order valence-electron chi connectivity index (χ2n) is 11.0. The molecule has 5 rings (SSSR count). The number of hydrogen-bond donors (Lipinski definition) is 3. The predicted molar refractivity (Wildman–Crippen MR) is 152 cm³/mol. The summed E-state index contributed by atoms with van der Waals surface area (Å²) in [6, 6.07) is 9.65. The zero-order valence-electron chi connectivity index (χ0n) is 23.5. The van der Waals surface area contributed by atoms with Gasteiger partial charge in [-0.2, -0.15) is 18.0 Å². The van der Waals surface area contributed by atoms with Crippen LogP contribution in [-0.2, 0) is 19.9 Å². The van der Waals surface area contributed by atoms with Crippen LogP contribution in [0.25, 0.3) is 22.2 Å². The molecule has 0 bridgehead atoms. The van der Waals surface area contributed by atoms with Crippen molar-refractivity contribution in [2.24, 2.45) is 5.92 Å². The second kappa shape index (κ2) is 11.1. The van der Waals surface area contributed by atoms with E-state index in [0.717, 1.165) is 53.1 Å². The summed E-state index contributed by atoms with van der Waals surface area (Å²) in [6.45, 7) is 1.75. The number of amides is 1. The first-order chi connectivity index (χ1) is 19.5. The van der Waals surface area contributed by atoms with E-state index in [1.54, 1.807) is 31.2 Å². The highest BCUT2D eigenvalue weighted by atomic mass is 32.2. The molecule has 0 saturated heterocycles. The first kappa shape index (κ1) is 29.1. The third-order valence-electron chi connectivity index (χ3n) is 8.48. The van der Waals surface area contributed by atoms with Crippen LogP contribution in [0, 0.1) is 5.92 Å². The van der Waals surface area contributed by atoms with Crippen molar-refractivity contribution in [3.8, 4) is 17.0 Å². The fourth-order valence-electron chi connectivity index (χ4n) is 6.38. The van der Waals surface area contributed by atoms with Gasteiger partial charge in [0.1, 0.15) is 11.7 Å². The topological polar surface area (TPSA) is 147 Å². The molecule has 1 amide bonds. The van der Waals surface area contributed by atoms with Gasteiger partial charge in [-0.25, -0.2) is 9.52 Å². The number of methoxy groups -OCH3 is 1. The number of carbonyl (C=O) groups is 2. The number of hydrogen-bond acceptors (Lipinski definition) is 8. The van der Waals surface area contributed by atoms with Crippen molar-refractivity contribution in [2.75, 3.05) is 21.2 Å². The van der Waals surface area contributed by atoms with Crippen molar-refractivity contribution >= 4 is 33.0 Å². The molecule has 1 aromatic heterocycles. The molecule has 0 radical (unpaired) electrons. The molecule has 2 heterocycles. The molecule has 0 spiro atoms. The summed E-state index contributed by atoms with van der Waals surface area (Å²) >= 11 is 0. The van der Waals surface area contributed by atoms with E-state index < -0.39 is 40.1 Å². The van der Waals surface area contributed by atoms with Crippen molar-refractivity contribution in [3.63, 3.8) is 0 Å². The third kappa shape index (κ3) is 4.99. The lowest BCUT2D eigenvalue weighted by molar-refractivity contribution is -0.243. The zero-order valence-corrected chi connectivity index (χ0v) is 24.3. The molecule has 11 nitrogen and oxygen atoms in total. The Labute approximate surface area is 238 Å². The lowest BCUT2D eigenvalue weighted by Gasteiger charge is -2.26. The van der Waals surface area contributed by atoms with Crippen LogP contribution in [0.5, 0.6) is 5.75 Å². The molecular weight excluding hydrogens is 550 g/mol. The van der Waals surface area contributed by atoms with Crippen molar-refractivity contribution in [2.45, 2.75) is 57.1 Å². The fraction of sp³-hybridized carbons (Fsp3) is 0.448. The van der Waals surface area contributed by atoms with Crippen molar-refractivity contribution < 1.29 is 38.0 Å². The van der Waals surface area contributed by atoms with Crippen LogP contribution >= 0.6 is 0 Å². The lowest BCUT2D eigenvalue weighted by atomic mass is 9.81. The first-order valence-electron chi connectivity index (χ1n) is 13.6. The molecule has 1 fully saturated rings. The summed E-state index contributed by atoms with van der Waals surface area (Å²) < 4.78 is 35.1. The maximum Gasteiger partial charge on any atom is 0.350 e. The molecule has 220 valence electrons. The molecule has 41 heavy (non-hydrogen) atoms. The Morgan fingerprint density at radius 2 is 1.78 bits per heavy atom. The molecule has 3 N–H and O–H groups in total. The number of fused-ring (bicyclic) bond motifs is 5. The number of benzene rings is 2. The monoisotopic (exact) mass is 585 g/mol. The average Bonchev–Trinajstić information content (AvgIpc) is 3.26. The number of rotatable bonds is 6. The van der Waals surface area contributed by atoms with Crippen molar-refractivity contribution in [1.82, 2.24) is 13.6 Å². The van der Waals surface area contributed by atoms with Gasteiger partial charge in [0.25, 0.3) is 5.91 Å². The van der Waals surface area contributed by atoms with E-state index >= 15 is 0 Å². The minimum atomic E-state index is -4.03. The summed E-state index contributed by atoms with van der Waals surface area (Å²) in [5.41, 5.74) is 3.75. The molecule has 12 heteroatoms.